The van der Waals surface area contributed by atoms with Gasteiger partial charge < -0.3 is 9.05 Å². The van der Waals surface area contributed by atoms with Crippen molar-refractivity contribution in [1.82, 2.24) is 4.67 Å². The van der Waals surface area contributed by atoms with Crippen molar-refractivity contribution < 1.29 is 9.05 Å². The zero-order chi connectivity index (χ0) is 28.8. The summed E-state index contributed by atoms with van der Waals surface area (Å²) in [7, 11) is -1.11. The summed E-state index contributed by atoms with van der Waals surface area (Å²) >= 11 is 8.70. The Bertz CT molecular complexity index is 814. The molecule has 0 aromatic carbocycles. The molecule has 12 atom stereocenters. The molecule has 0 radical (unpaired) electrons. The molecule has 0 spiro atoms. The molecule has 0 N–H and O–H groups in total. The predicted octanol–water partition coefficient (Wildman–Crippen LogP) is 11.4. The largest absolute Gasteiger partial charge is 0.317 e. The van der Waals surface area contributed by atoms with Crippen LogP contribution < -0.4 is 0 Å². The fourth-order valence-corrected chi connectivity index (χ4v) is 16.3. The maximum absolute atomic E-state index is 7.68. The molecule has 240 valence electrons. The van der Waals surface area contributed by atoms with Gasteiger partial charge in [0, 0.05) is 21.7 Å². The second-order valence-corrected chi connectivity index (χ2v) is 19.8. The monoisotopic (exact) mass is 727 g/mol. The van der Waals surface area contributed by atoms with Gasteiger partial charge in [-0.25, -0.2) is 4.67 Å². The van der Waals surface area contributed by atoms with Crippen LogP contribution in [0.5, 0.6) is 0 Å². The molecule has 0 amide bonds. The number of alkyl halides is 2. The first kappa shape index (κ1) is 31.8. The van der Waals surface area contributed by atoms with Crippen molar-refractivity contribution >= 4 is 40.4 Å². The summed E-state index contributed by atoms with van der Waals surface area (Å²) in [6.07, 6.45) is 28.8. The molecule has 1 saturated heterocycles. The summed E-state index contributed by atoms with van der Waals surface area (Å²) in [6, 6.07) is 1.09. The van der Waals surface area contributed by atoms with Gasteiger partial charge in [0.1, 0.15) is 0 Å². The predicted molar refractivity (Wildman–Crippen MR) is 183 cm³/mol. The maximum atomic E-state index is 7.68. The van der Waals surface area contributed by atoms with E-state index in [-0.39, 0.29) is 0 Å². The van der Waals surface area contributed by atoms with Crippen LogP contribution in [0, 0.1) is 47.3 Å². The van der Waals surface area contributed by atoms with Crippen molar-refractivity contribution in [3.63, 3.8) is 0 Å². The van der Waals surface area contributed by atoms with E-state index in [1.54, 1.807) is 0 Å². The summed E-state index contributed by atoms with van der Waals surface area (Å²) in [5.41, 5.74) is 0. The Morgan fingerprint density at radius 1 is 0.548 bits per heavy atom. The van der Waals surface area contributed by atoms with Crippen molar-refractivity contribution in [2.75, 3.05) is 0 Å². The van der Waals surface area contributed by atoms with Gasteiger partial charge in [-0.2, -0.15) is 0 Å². The highest BCUT2D eigenvalue weighted by Gasteiger charge is 2.60. The lowest BCUT2D eigenvalue weighted by Gasteiger charge is -2.55. The molecule has 1 heterocycles. The Morgan fingerprint density at radius 3 is 1.36 bits per heavy atom. The van der Waals surface area contributed by atoms with E-state index >= 15 is 0 Å². The average molecular weight is 730 g/mol. The van der Waals surface area contributed by atoms with Gasteiger partial charge >= 0.3 is 0 Å². The summed E-state index contributed by atoms with van der Waals surface area (Å²) in [5.74, 6) is 6.34. The van der Waals surface area contributed by atoms with Gasteiger partial charge in [-0.05, 0) is 113 Å². The normalized spacial score (nSPS) is 46.9. The Labute approximate surface area is 276 Å². The van der Waals surface area contributed by atoms with Gasteiger partial charge in [-0.15, -0.1) is 0 Å². The van der Waals surface area contributed by atoms with Crippen LogP contribution in [-0.4, -0.2) is 38.6 Å². The molecule has 6 heteroatoms. The van der Waals surface area contributed by atoms with Crippen molar-refractivity contribution in [1.29, 1.82) is 0 Å². The lowest BCUT2D eigenvalue weighted by Crippen LogP contribution is -2.56. The van der Waals surface area contributed by atoms with Crippen LogP contribution in [-0.2, 0) is 9.05 Å². The minimum Gasteiger partial charge on any atom is -0.317 e. The number of hydrogen-bond donors (Lipinski definition) is 0. The molecule has 12 unspecified atom stereocenters. The Kier molecular flexibility index (Phi) is 10.7. The molecule has 42 heavy (non-hydrogen) atoms. The Hall–Kier alpha value is 1.27. The second-order valence-electron chi connectivity index (χ2n) is 16.1. The van der Waals surface area contributed by atoms with E-state index in [1.807, 2.05) is 0 Å². The van der Waals surface area contributed by atoms with Crippen LogP contribution in [0.15, 0.2) is 0 Å². The number of fused-ring (bicyclic) bond motifs is 7. The number of nitrogens with zero attached hydrogens (tertiary/aromatic N) is 1. The van der Waals surface area contributed by atoms with Gasteiger partial charge in [0.25, 0.3) is 8.53 Å². The first-order chi connectivity index (χ1) is 20.5. The van der Waals surface area contributed by atoms with E-state index in [0.717, 1.165) is 35.5 Å². The molecule has 0 aromatic heterocycles. The van der Waals surface area contributed by atoms with E-state index < -0.39 is 8.53 Å². The fraction of sp³-hybridized carbons (Fsp3) is 1.00. The first-order valence-corrected chi connectivity index (χ1v) is 21.7. The molecule has 3 nitrogen and oxygen atoms in total. The Balaban J connectivity index is 1.27. The third-order valence-electron chi connectivity index (χ3n) is 14.0. The highest BCUT2D eigenvalue weighted by molar-refractivity contribution is 9.09. The van der Waals surface area contributed by atoms with Crippen LogP contribution in [0.1, 0.15) is 142 Å². The summed E-state index contributed by atoms with van der Waals surface area (Å²) < 4.78 is 18.3. The van der Waals surface area contributed by atoms with E-state index in [4.69, 9.17) is 9.05 Å². The van der Waals surface area contributed by atoms with Gasteiger partial charge in [-0.3, -0.25) is 0 Å². The second kappa shape index (κ2) is 14.2. The molecule has 7 aliphatic rings. The molecular formula is C36H60Br2NO2P. The molecule has 1 aliphatic heterocycles. The minimum atomic E-state index is -1.11. The minimum absolute atomic E-state index is 0.311. The van der Waals surface area contributed by atoms with Crippen LogP contribution in [0.4, 0.5) is 0 Å². The lowest BCUT2D eigenvalue weighted by atomic mass is 9.53. The zero-order valence-electron chi connectivity index (χ0n) is 26.7. The molecule has 6 saturated carbocycles. The molecule has 0 aromatic rings. The molecule has 7 fully saturated rings. The third-order valence-corrected chi connectivity index (χ3v) is 17.8. The van der Waals surface area contributed by atoms with Crippen LogP contribution in [0.3, 0.4) is 0 Å². The fourth-order valence-electron chi connectivity index (χ4n) is 11.8. The number of halogens is 2. The molecule has 0 bridgehead atoms. The zero-order valence-corrected chi connectivity index (χ0v) is 30.8. The number of rotatable bonds is 5. The van der Waals surface area contributed by atoms with Gasteiger partial charge in [0.05, 0.1) is 12.2 Å². The quantitative estimate of drug-likeness (QED) is 0.208. The SMILES string of the molecule is CC(C1CCCCC1)N(C(C)C1CCCCC1)P1OC2C(Br)CC3CCCCC3C2C2C3CCCCC3CC(Br)C2O1. The number of hydrogen-bond acceptors (Lipinski definition) is 3. The van der Waals surface area contributed by atoms with E-state index in [0.29, 0.717) is 45.8 Å². The highest BCUT2D eigenvalue weighted by atomic mass is 79.9. The van der Waals surface area contributed by atoms with Crippen molar-refractivity contribution in [2.24, 2.45) is 47.3 Å². The van der Waals surface area contributed by atoms with Crippen molar-refractivity contribution in [3.8, 4) is 0 Å². The van der Waals surface area contributed by atoms with E-state index in [1.165, 1.54) is 128 Å². The lowest BCUT2D eigenvalue weighted by molar-refractivity contribution is -0.0797. The van der Waals surface area contributed by atoms with E-state index in [9.17, 15) is 0 Å². The molecule has 6 aliphatic carbocycles. The topological polar surface area (TPSA) is 21.7 Å². The average Bonchev–Trinajstić information content (AvgIpc) is 3.21. The first-order valence-electron chi connectivity index (χ1n) is 18.7. The van der Waals surface area contributed by atoms with Crippen LogP contribution in [0.25, 0.3) is 0 Å². The van der Waals surface area contributed by atoms with Crippen LogP contribution >= 0.6 is 40.4 Å². The smallest absolute Gasteiger partial charge is 0.259 e. The van der Waals surface area contributed by atoms with Crippen molar-refractivity contribution in [3.05, 3.63) is 0 Å². The van der Waals surface area contributed by atoms with Gasteiger partial charge in [-0.1, -0.05) is 109 Å². The summed E-state index contributed by atoms with van der Waals surface area (Å²) in [4.78, 5) is 0.951. The summed E-state index contributed by atoms with van der Waals surface area (Å²) in [5, 5.41) is 0. The summed E-state index contributed by atoms with van der Waals surface area (Å²) in [6.45, 7) is 5.16. The van der Waals surface area contributed by atoms with Crippen molar-refractivity contribution in [2.45, 2.75) is 176 Å². The molecule has 7 rings (SSSR count). The van der Waals surface area contributed by atoms with Gasteiger partial charge in [0.2, 0.25) is 0 Å². The van der Waals surface area contributed by atoms with Crippen LogP contribution in [0.2, 0.25) is 0 Å². The highest BCUT2D eigenvalue weighted by Crippen LogP contribution is 2.65. The molecular weight excluding hydrogens is 669 g/mol. The maximum Gasteiger partial charge on any atom is 0.259 e. The van der Waals surface area contributed by atoms with Gasteiger partial charge in [0.15, 0.2) is 0 Å². The third kappa shape index (κ3) is 6.28. The standard InChI is InChI=1S/C36H60Br2NO2P/c1-23(25-13-5-3-6-14-25)39(24(2)26-15-7-4-8-16-26)42-40-35-31(37)21-27-17-9-11-19-29(27)33(35)34-30-20-12-10-18-28(30)22-32(38)36(34)41-42/h23-36H,3-22H2,1-2H3. The Morgan fingerprint density at radius 2 is 0.929 bits per heavy atom. The van der Waals surface area contributed by atoms with E-state index in [2.05, 4.69) is 50.4 Å².